The molecule has 0 saturated carbocycles. The van der Waals surface area contributed by atoms with Crippen LogP contribution in [0.4, 0.5) is 10.5 Å². The topological polar surface area (TPSA) is 70.6 Å². The number of hydrogen-bond donors (Lipinski definition) is 2. The molecule has 5 nitrogen and oxygen atoms in total. The Kier molecular flexibility index (Phi) is 5.81. The predicted octanol–water partition coefficient (Wildman–Crippen LogP) is 3.21. The average molecular weight is 370 g/mol. The summed E-state index contributed by atoms with van der Waals surface area (Å²) >= 11 is 4.52. The first kappa shape index (κ1) is 16.0. The Morgan fingerprint density at radius 1 is 1.48 bits per heavy atom. The van der Waals surface area contributed by atoms with Gasteiger partial charge in [-0.2, -0.15) is 5.10 Å². The average Bonchev–Trinajstić information content (AvgIpc) is 2.46. The smallest absolute Gasteiger partial charge is 0.283 e. The van der Waals surface area contributed by atoms with E-state index in [1.54, 1.807) is 0 Å². The Hall–Kier alpha value is -1.34. The number of thioether (sulfide) groups is 1. The van der Waals surface area contributed by atoms with Gasteiger partial charge in [-0.05, 0) is 17.7 Å². The van der Waals surface area contributed by atoms with Gasteiger partial charge in [0.15, 0.2) is 0 Å². The van der Waals surface area contributed by atoms with Gasteiger partial charge < -0.3 is 5.32 Å². The maximum absolute atomic E-state index is 11.6. The molecule has 0 bridgehead atoms. The summed E-state index contributed by atoms with van der Waals surface area (Å²) in [6.07, 6.45) is 0.445. The molecule has 0 radical (unpaired) electrons. The van der Waals surface area contributed by atoms with Crippen molar-refractivity contribution < 1.29 is 9.59 Å². The predicted molar refractivity (Wildman–Crippen MR) is 90.2 cm³/mol. The number of rotatable bonds is 4. The fourth-order valence-corrected chi connectivity index (χ4v) is 2.95. The lowest BCUT2D eigenvalue weighted by atomic mass is 9.94. The van der Waals surface area contributed by atoms with Gasteiger partial charge in [0, 0.05) is 29.1 Å². The Labute approximate surface area is 136 Å². The molecule has 2 amide bonds. The zero-order valence-corrected chi connectivity index (χ0v) is 14.0. The molecule has 1 unspecified atom stereocenters. The zero-order chi connectivity index (χ0) is 15.2. The lowest BCUT2D eigenvalue weighted by molar-refractivity contribution is -0.121. The number of nitrogens with one attached hydrogen (secondary N) is 2. The maximum Gasteiger partial charge on any atom is 0.283 e. The third-order valence-electron chi connectivity index (χ3n) is 3.00. The zero-order valence-electron chi connectivity index (χ0n) is 11.6. The Morgan fingerprint density at radius 2 is 2.19 bits per heavy atom. The first-order valence-electron chi connectivity index (χ1n) is 6.56. The molecule has 1 aliphatic heterocycles. The van der Waals surface area contributed by atoms with Crippen LogP contribution in [0.25, 0.3) is 0 Å². The van der Waals surface area contributed by atoms with E-state index in [0.29, 0.717) is 6.42 Å². The summed E-state index contributed by atoms with van der Waals surface area (Å²) in [5.74, 6) is 0.769. The van der Waals surface area contributed by atoms with Crippen LogP contribution in [0, 0.1) is 5.92 Å². The number of hydrogen-bond acceptors (Lipinski definition) is 4. The fraction of sp³-hybridized carbons (Fsp3) is 0.357. The third-order valence-corrected chi connectivity index (χ3v) is 4.69. The van der Waals surface area contributed by atoms with Gasteiger partial charge in [-0.25, -0.2) is 5.43 Å². The van der Waals surface area contributed by atoms with Crippen LogP contribution in [0.5, 0.6) is 0 Å². The molecular formula is C14H16BrN3O2S. The van der Waals surface area contributed by atoms with Gasteiger partial charge in [-0.15, -0.1) is 0 Å². The third kappa shape index (κ3) is 4.57. The minimum absolute atomic E-state index is 0.0565. The molecule has 2 rings (SSSR count). The number of nitrogens with zero attached hydrogens (tertiary/aromatic N) is 1. The molecule has 21 heavy (non-hydrogen) atoms. The number of benzene rings is 1. The maximum atomic E-state index is 11.6. The quantitative estimate of drug-likeness (QED) is 0.800. The first-order valence-corrected chi connectivity index (χ1v) is 8.67. The fourth-order valence-electron chi connectivity index (χ4n) is 2.01. The molecule has 0 fully saturated rings. The van der Waals surface area contributed by atoms with Gasteiger partial charge in [0.25, 0.3) is 5.24 Å². The van der Waals surface area contributed by atoms with Crippen molar-refractivity contribution in [1.29, 1.82) is 0 Å². The minimum atomic E-state index is -0.0714. The van der Waals surface area contributed by atoms with Gasteiger partial charge in [0.2, 0.25) is 5.91 Å². The highest BCUT2D eigenvalue weighted by Crippen LogP contribution is 2.19. The molecule has 1 aromatic carbocycles. The van der Waals surface area contributed by atoms with E-state index in [9.17, 15) is 9.59 Å². The number of amides is 2. The number of anilines is 1. The van der Waals surface area contributed by atoms with E-state index in [1.165, 1.54) is 11.8 Å². The number of alkyl halides is 1. The summed E-state index contributed by atoms with van der Waals surface area (Å²) in [6.45, 7) is 1.98. The van der Waals surface area contributed by atoms with E-state index in [4.69, 9.17) is 0 Å². The van der Waals surface area contributed by atoms with Crippen molar-refractivity contribution in [2.75, 3.05) is 16.4 Å². The number of carbonyl (C=O) groups excluding carboxylic acids is 2. The highest BCUT2D eigenvalue weighted by atomic mass is 79.9. The standard InChI is InChI=1S/C14H16BrN3O2S/c1-9-8-12(19)17-18-13(9)10-2-4-11(5-3-10)16-14(20)21-7-6-15/h2-5,9H,6-8H2,1H3,(H,16,20)(H,17,19). The Bertz CT molecular complexity index is 560. The summed E-state index contributed by atoms with van der Waals surface area (Å²) in [5, 5.41) is 7.65. The highest BCUT2D eigenvalue weighted by Gasteiger charge is 2.21. The van der Waals surface area contributed by atoms with Crippen LogP contribution in [0.15, 0.2) is 29.4 Å². The summed E-state index contributed by atoms with van der Waals surface area (Å²) in [4.78, 5) is 22.8. The van der Waals surface area contributed by atoms with Gasteiger partial charge in [0.05, 0.1) is 5.71 Å². The number of carbonyl (C=O) groups is 2. The van der Waals surface area contributed by atoms with E-state index in [1.807, 2.05) is 31.2 Å². The van der Waals surface area contributed by atoms with Crippen molar-refractivity contribution in [3.05, 3.63) is 29.8 Å². The molecule has 1 atom stereocenters. The molecule has 1 heterocycles. The summed E-state index contributed by atoms with van der Waals surface area (Å²) < 4.78 is 0. The van der Waals surface area contributed by atoms with Crippen molar-refractivity contribution in [3.63, 3.8) is 0 Å². The summed E-state index contributed by atoms with van der Waals surface area (Å²) in [5.41, 5.74) is 5.07. The van der Waals surface area contributed by atoms with E-state index in [-0.39, 0.29) is 17.1 Å². The van der Waals surface area contributed by atoms with Gasteiger partial charge in [-0.3, -0.25) is 9.59 Å². The van der Waals surface area contributed by atoms with Crippen molar-refractivity contribution >= 4 is 50.2 Å². The van der Waals surface area contributed by atoms with Crippen molar-refractivity contribution in [3.8, 4) is 0 Å². The molecule has 0 saturated heterocycles. The van der Waals surface area contributed by atoms with Crippen molar-refractivity contribution in [2.45, 2.75) is 13.3 Å². The molecule has 2 N–H and O–H groups in total. The monoisotopic (exact) mass is 369 g/mol. The highest BCUT2D eigenvalue weighted by molar-refractivity contribution is 9.09. The molecular weight excluding hydrogens is 354 g/mol. The second-order valence-electron chi connectivity index (χ2n) is 4.66. The molecule has 1 aliphatic rings. The van der Waals surface area contributed by atoms with Gasteiger partial charge in [0.1, 0.15) is 0 Å². The van der Waals surface area contributed by atoms with Crippen LogP contribution < -0.4 is 10.7 Å². The van der Waals surface area contributed by atoms with Crippen LogP contribution in [0.2, 0.25) is 0 Å². The minimum Gasteiger partial charge on any atom is -0.317 e. The van der Waals surface area contributed by atoms with Crippen LogP contribution in [0.3, 0.4) is 0 Å². The van der Waals surface area contributed by atoms with Crippen molar-refractivity contribution in [2.24, 2.45) is 11.0 Å². The van der Waals surface area contributed by atoms with E-state index in [0.717, 1.165) is 28.0 Å². The molecule has 0 spiro atoms. The van der Waals surface area contributed by atoms with Crippen molar-refractivity contribution in [1.82, 2.24) is 5.43 Å². The number of hydrazone groups is 1. The van der Waals surface area contributed by atoms with E-state index in [2.05, 4.69) is 31.8 Å². The molecule has 0 aromatic heterocycles. The largest absolute Gasteiger partial charge is 0.317 e. The SMILES string of the molecule is CC1CC(=O)NN=C1c1ccc(NC(=O)SCCBr)cc1. The van der Waals surface area contributed by atoms with Crippen LogP contribution in [-0.2, 0) is 4.79 Å². The molecule has 7 heteroatoms. The Morgan fingerprint density at radius 3 is 2.81 bits per heavy atom. The van der Waals surface area contributed by atoms with E-state index >= 15 is 0 Å². The second kappa shape index (κ2) is 7.61. The van der Waals surface area contributed by atoms with Gasteiger partial charge in [-0.1, -0.05) is 46.7 Å². The van der Waals surface area contributed by atoms with E-state index < -0.39 is 0 Å². The molecule has 0 aliphatic carbocycles. The molecule has 112 valence electrons. The first-order chi connectivity index (χ1) is 10.1. The van der Waals surface area contributed by atoms with Gasteiger partial charge >= 0.3 is 0 Å². The summed E-state index contributed by atoms with van der Waals surface area (Å²) in [7, 11) is 0. The van der Waals surface area contributed by atoms with Crippen LogP contribution in [-0.4, -0.2) is 27.9 Å². The molecule has 1 aromatic rings. The lowest BCUT2D eigenvalue weighted by Gasteiger charge is -2.19. The normalized spacial score (nSPS) is 17.9. The number of halogens is 1. The van der Waals surface area contributed by atoms with Crippen LogP contribution in [0.1, 0.15) is 18.9 Å². The summed E-state index contributed by atoms with van der Waals surface area (Å²) in [6, 6.07) is 7.48. The Balaban J connectivity index is 2.02. The van der Waals surface area contributed by atoms with Crippen LogP contribution >= 0.6 is 27.7 Å². The lowest BCUT2D eigenvalue weighted by Crippen LogP contribution is -2.31. The second-order valence-corrected chi connectivity index (χ2v) is 6.53.